The van der Waals surface area contributed by atoms with E-state index in [0.29, 0.717) is 11.3 Å². The maximum absolute atomic E-state index is 12.5. The fourth-order valence-electron chi connectivity index (χ4n) is 2.70. The molecule has 0 saturated heterocycles. The van der Waals surface area contributed by atoms with Crippen molar-refractivity contribution in [2.45, 2.75) is 26.7 Å². The van der Waals surface area contributed by atoms with E-state index in [-0.39, 0.29) is 5.91 Å². The minimum atomic E-state index is -0.218. The van der Waals surface area contributed by atoms with Crippen molar-refractivity contribution in [1.82, 2.24) is 24.7 Å². The Bertz CT molecular complexity index is 966. The molecule has 0 spiro atoms. The third kappa shape index (κ3) is 2.56. The van der Waals surface area contributed by atoms with Crippen LogP contribution >= 0.6 is 0 Å². The second-order valence-corrected chi connectivity index (χ2v) is 5.99. The zero-order valence-corrected chi connectivity index (χ0v) is 13.6. The predicted molar refractivity (Wildman–Crippen MR) is 90.4 cm³/mol. The molecule has 24 heavy (non-hydrogen) atoms. The highest BCUT2D eigenvalue weighted by atomic mass is 16.1. The molecule has 3 heterocycles. The highest BCUT2D eigenvalue weighted by Crippen LogP contribution is 2.30. The van der Waals surface area contributed by atoms with Crippen LogP contribution in [0.3, 0.4) is 0 Å². The first-order valence-electron chi connectivity index (χ1n) is 7.88. The lowest BCUT2D eigenvalue weighted by Crippen LogP contribution is -2.22. The maximum Gasteiger partial charge on any atom is 0.277 e. The first-order valence-corrected chi connectivity index (χ1v) is 7.88. The van der Waals surface area contributed by atoms with E-state index in [9.17, 15) is 4.79 Å². The summed E-state index contributed by atoms with van der Waals surface area (Å²) in [6.07, 6.45) is 7.26. The van der Waals surface area contributed by atoms with E-state index in [1.165, 1.54) is 5.57 Å². The normalized spacial score (nSPS) is 13.2. The second-order valence-electron chi connectivity index (χ2n) is 5.99. The number of fused-ring (bicyclic) bond motifs is 1. The molecule has 0 radical (unpaired) electrons. The molecule has 1 aliphatic carbocycles. The number of amides is 1. The van der Waals surface area contributed by atoms with E-state index in [0.717, 1.165) is 35.5 Å². The predicted octanol–water partition coefficient (Wildman–Crippen LogP) is 2.90. The van der Waals surface area contributed by atoms with E-state index in [1.807, 2.05) is 36.4 Å². The molecule has 0 aliphatic heterocycles. The van der Waals surface area contributed by atoms with E-state index in [1.54, 1.807) is 18.7 Å². The number of allylic oxidation sites excluding steroid dienone is 2. The number of pyridine rings is 1. The Balaban J connectivity index is 1.78. The Morgan fingerprint density at radius 1 is 1.33 bits per heavy atom. The van der Waals surface area contributed by atoms with Gasteiger partial charge >= 0.3 is 0 Å². The quantitative estimate of drug-likeness (QED) is 0.805. The standard InChI is InChI=1S/C18H17N5O/c1-11-8-15(14-4-3-7-19-9-14)22-17-16(20-10-23(11)17)18(24)21-12(2)13-5-6-13/h3-4,7-10H,5-6H2,1-2H3,(H,21,24). The van der Waals surface area contributed by atoms with Crippen LogP contribution in [-0.2, 0) is 0 Å². The summed E-state index contributed by atoms with van der Waals surface area (Å²) in [7, 11) is 0. The number of carbonyl (C=O) groups is 1. The number of aromatic nitrogens is 4. The molecular weight excluding hydrogens is 302 g/mol. The van der Waals surface area contributed by atoms with Gasteiger partial charge in [0.1, 0.15) is 6.33 Å². The number of hydrogen-bond acceptors (Lipinski definition) is 4. The number of imidazole rings is 1. The van der Waals surface area contributed by atoms with Crippen LogP contribution in [0.25, 0.3) is 16.9 Å². The SMILES string of the molecule is CC(NC(=O)c1ncn2c(C)cc(-c3cccnc3)nc12)=C1CC1. The van der Waals surface area contributed by atoms with E-state index < -0.39 is 0 Å². The molecule has 3 aromatic rings. The summed E-state index contributed by atoms with van der Waals surface area (Å²) in [4.78, 5) is 25.6. The first kappa shape index (κ1) is 14.6. The van der Waals surface area contributed by atoms with Gasteiger partial charge in [-0.2, -0.15) is 0 Å². The van der Waals surface area contributed by atoms with Crippen LogP contribution < -0.4 is 5.32 Å². The van der Waals surface area contributed by atoms with Gasteiger partial charge in [0, 0.05) is 29.3 Å². The van der Waals surface area contributed by atoms with Crippen molar-refractivity contribution < 1.29 is 4.79 Å². The summed E-state index contributed by atoms with van der Waals surface area (Å²) >= 11 is 0. The average molecular weight is 319 g/mol. The van der Waals surface area contributed by atoms with Crippen molar-refractivity contribution in [3.8, 4) is 11.3 Å². The van der Waals surface area contributed by atoms with Gasteiger partial charge < -0.3 is 5.32 Å². The smallest absolute Gasteiger partial charge is 0.277 e. The van der Waals surface area contributed by atoms with Crippen LogP contribution in [0.5, 0.6) is 0 Å². The molecule has 0 atom stereocenters. The van der Waals surface area contributed by atoms with Crippen molar-refractivity contribution in [1.29, 1.82) is 0 Å². The summed E-state index contributed by atoms with van der Waals surface area (Å²) in [6, 6.07) is 5.78. The lowest BCUT2D eigenvalue weighted by molar-refractivity contribution is 0.0963. The molecule has 1 fully saturated rings. The number of nitrogens with zero attached hydrogens (tertiary/aromatic N) is 4. The molecule has 120 valence electrons. The molecule has 4 rings (SSSR count). The first-order chi connectivity index (χ1) is 11.6. The van der Waals surface area contributed by atoms with Gasteiger partial charge in [0.05, 0.1) is 5.69 Å². The maximum atomic E-state index is 12.5. The third-order valence-corrected chi connectivity index (χ3v) is 4.20. The Hall–Kier alpha value is -3.02. The molecule has 0 aromatic carbocycles. The number of aryl methyl sites for hydroxylation is 1. The van der Waals surface area contributed by atoms with Gasteiger partial charge in [-0.25, -0.2) is 9.97 Å². The van der Waals surface area contributed by atoms with Crippen molar-refractivity contribution in [3.63, 3.8) is 0 Å². The Morgan fingerprint density at radius 2 is 2.17 bits per heavy atom. The van der Waals surface area contributed by atoms with Gasteiger partial charge in [-0.15, -0.1) is 0 Å². The van der Waals surface area contributed by atoms with Crippen LogP contribution in [0.4, 0.5) is 0 Å². The minimum Gasteiger partial charge on any atom is -0.325 e. The monoisotopic (exact) mass is 319 g/mol. The van der Waals surface area contributed by atoms with Gasteiger partial charge in [0.2, 0.25) is 0 Å². The molecule has 1 amide bonds. The second kappa shape index (κ2) is 5.56. The largest absolute Gasteiger partial charge is 0.325 e. The topological polar surface area (TPSA) is 72.2 Å². The zero-order chi connectivity index (χ0) is 16.7. The fourth-order valence-corrected chi connectivity index (χ4v) is 2.70. The molecule has 6 nitrogen and oxygen atoms in total. The van der Waals surface area contributed by atoms with Gasteiger partial charge in [-0.3, -0.25) is 14.2 Å². The summed E-state index contributed by atoms with van der Waals surface area (Å²) < 4.78 is 1.83. The van der Waals surface area contributed by atoms with E-state index in [2.05, 4.69) is 20.3 Å². The highest BCUT2D eigenvalue weighted by Gasteiger charge is 2.20. The van der Waals surface area contributed by atoms with Crippen LogP contribution in [0.2, 0.25) is 0 Å². The molecule has 3 aromatic heterocycles. The third-order valence-electron chi connectivity index (χ3n) is 4.20. The molecule has 1 N–H and O–H groups in total. The van der Waals surface area contributed by atoms with Gasteiger partial charge in [0.15, 0.2) is 11.3 Å². The van der Waals surface area contributed by atoms with Gasteiger partial charge in [0.25, 0.3) is 5.91 Å². The van der Waals surface area contributed by atoms with Gasteiger partial charge in [-0.05, 0) is 44.9 Å². The minimum absolute atomic E-state index is 0.218. The van der Waals surface area contributed by atoms with Crippen molar-refractivity contribution >= 4 is 11.6 Å². The summed E-state index contributed by atoms with van der Waals surface area (Å²) in [6.45, 7) is 3.90. The molecule has 6 heteroatoms. The number of rotatable bonds is 3. The lowest BCUT2D eigenvalue weighted by Gasteiger charge is -2.07. The summed E-state index contributed by atoms with van der Waals surface area (Å²) in [5.74, 6) is -0.218. The molecule has 1 aliphatic rings. The highest BCUT2D eigenvalue weighted by molar-refractivity contribution is 5.99. The zero-order valence-electron chi connectivity index (χ0n) is 13.6. The Morgan fingerprint density at radius 3 is 2.88 bits per heavy atom. The molecular formula is C18H17N5O. The molecule has 0 unspecified atom stereocenters. The number of hydrogen-bond donors (Lipinski definition) is 1. The molecule has 0 bridgehead atoms. The van der Waals surface area contributed by atoms with Gasteiger partial charge in [-0.1, -0.05) is 5.57 Å². The van der Waals surface area contributed by atoms with Crippen molar-refractivity contribution in [2.24, 2.45) is 0 Å². The summed E-state index contributed by atoms with van der Waals surface area (Å²) in [5, 5.41) is 2.93. The van der Waals surface area contributed by atoms with Crippen molar-refractivity contribution in [2.75, 3.05) is 0 Å². The van der Waals surface area contributed by atoms with Crippen LogP contribution in [0, 0.1) is 6.92 Å². The lowest BCUT2D eigenvalue weighted by atomic mass is 10.2. The fraction of sp³-hybridized carbons (Fsp3) is 0.222. The van der Waals surface area contributed by atoms with Crippen LogP contribution in [-0.4, -0.2) is 25.3 Å². The van der Waals surface area contributed by atoms with Crippen molar-refractivity contribution in [3.05, 3.63) is 59.6 Å². The van der Waals surface area contributed by atoms with E-state index >= 15 is 0 Å². The molecule has 1 saturated carbocycles. The Labute approximate surface area is 139 Å². The Kier molecular flexibility index (Phi) is 3.37. The number of nitrogens with one attached hydrogen (secondary N) is 1. The van der Waals surface area contributed by atoms with E-state index in [4.69, 9.17) is 0 Å². The summed E-state index contributed by atoms with van der Waals surface area (Å²) in [5.41, 5.74) is 5.77. The van der Waals surface area contributed by atoms with Crippen LogP contribution in [0.1, 0.15) is 35.9 Å². The van der Waals surface area contributed by atoms with Crippen LogP contribution in [0.15, 0.2) is 48.2 Å². The average Bonchev–Trinajstić information content (AvgIpc) is 3.35. The number of carbonyl (C=O) groups excluding carboxylic acids is 1.